The molecular weight excluding hydrogens is 274 g/mol. The van der Waals surface area contributed by atoms with E-state index in [1.807, 2.05) is 57.0 Å². The fourth-order valence-electron chi connectivity index (χ4n) is 2.33. The van der Waals surface area contributed by atoms with Gasteiger partial charge in [0.15, 0.2) is 0 Å². The second-order valence-electron chi connectivity index (χ2n) is 5.46. The molecule has 2 atom stereocenters. The minimum atomic E-state index is -0.133. The number of benzene rings is 1. The van der Waals surface area contributed by atoms with Crippen molar-refractivity contribution in [1.82, 2.24) is 10.2 Å². The topological polar surface area (TPSA) is 58.4 Å². The van der Waals surface area contributed by atoms with Crippen molar-refractivity contribution in [3.8, 4) is 0 Å². The summed E-state index contributed by atoms with van der Waals surface area (Å²) in [5, 5.41) is 3.55. The minimum Gasteiger partial charge on any atom is -0.353 e. The zero-order valence-corrected chi connectivity index (χ0v) is 13.3. The van der Waals surface area contributed by atoms with E-state index < -0.39 is 0 Å². The number of hydrogen-bond donors (Lipinski definition) is 2. The highest BCUT2D eigenvalue weighted by Crippen LogP contribution is 2.28. The van der Waals surface area contributed by atoms with Crippen molar-refractivity contribution in [3.05, 3.63) is 34.9 Å². The molecule has 112 valence electrons. The van der Waals surface area contributed by atoms with Crippen LogP contribution < -0.4 is 11.1 Å². The molecule has 2 unspecified atom stereocenters. The molecule has 0 heterocycles. The fourth-order valence-corrected chi connectivity index (χ4v) is 2.58. The monoisotopic (exact) mass is 297 g/mol. The van der Waals surface area contributed by atoms with Crippen molar-refractivity contribution in [1.29, 1.82) is 0 Å². The average molecular weight is 298 g/mol. The quantitative estimate of drug-likeness (QED) is 0.846. The number of rotatable bonds is 6. The molecule has 20 heavy (non-hydrogen) atoms. The van der Waals surface area contributed by atoms with E-state index in [-0.39, 0.29) is 30.6 Å². The Morgan fingerprint density at radius 1 is 1.35 bits per heavy atom. The largest absolute Gasteiger partial charge is 0.353 e. The van der Waals surface area contributed by atoms with Crippen molar-refractivity contribution >= 4 is 17.5 Å². The Bertz CT molecular complexity index is 448. The van der Waals surface area contributed by atoms with Gasteiger partial charge in [-0.25, -0.2) is 0 Å². The molecule has 4 nitrogen and oxygen atoms in total. The average Bonchev–Trinajstić information content (AvgIpc) is 2.30. The standard InChI is InChI=1S/C15H24ClN3O/c1-10(2)18-14(20)9-19(4)15(11(3)17)12-7-5-6-8-13(12)16/h5-8,10-11,15H,9,17H2,1-4H3,(H,18,20). The van der Waals surface area contributed by atoms with Crippen LogP contribution in [0.3, 0.4) is 0 Å². The lowest BCUT2D eigenvalue weighted by Crippen LogP contribution is -2.44. The van der Waals surface area contributed by atoms with Crippen molar-refractivity contribution in [3.63, 3.8) is 0 Å². The van der Waals surface area contributed by atoms with Gasteiger partial charge < -0.3 is 11.1 Å². The predicted molar refractivity (Wildman–Crippen MR) is 83.8 cm³/mol. The summed E-state index contributed by atoms with van der Waals surface area (Å²) in [6.07, 6.45) is 0. The van der Waals surface area contributed by atoms with Crippen LogP contribution in [0.4, 0.5) is 0 Å². The molecule has 0 saturated carbocycles. The molecule has 0 aliphatic heterocycles. The van der Waals surface area contributed by atoms with E-state index in [4.69, 9.17) is 17.3 Å². The van der Waals surface area contributed by atoms with Gasteiger partial charge in [0.05, 0.1) is 12.6 Å². The number of amides is 1. The molecule has 1 aromatic rings. The summed E-state index contributed by atoms with van der Waals surface area (Å²) in [6, 6.07) is 7.51. The van der Waals surface area contributed by atoms with Crippen LogP contribution in [0.5, 0.6) is 0 Å². The van der Waals surface area contributed by atoms with Gasteiger partial charge in [-0.3, -0.25) is 9.69 Å². The van der Waals surface area contributed by atoms with E-state index in [9.17, 15) is 4.79 Å². The van der Waals surface area contributed by atoms with Gasteiger partial charge in [0.2, 0.25) is 5.91 Å². The lowest BCUT2D eigenvalue weighted by molar-refractivity contribution is -0.123. The van der Waals surface area contributed by atoms with E-state index in [0.717, 1.165) is 5.56 Å². The van der Waals surface area contributed by atoms with Gasteiger partial charge in [0.1, 0.15) is 0 Å². The normalized spacial score (nSPS) is 14.4. The van der Waals surface area contributed by atoms with Crippen LogP contribution in [0.2, 0.25) is 5.02 Å². The fraction of sp³-hybridized carbons (Fsp3) is 0.533. The van der Waals surface area contributed by atoms with Crippen LogP contribution >= 0.6 is 11.6 Å². The molecule has 0 spiro atoms. The molecule has 0 aromatic heterocycles. The van der Waals surface area contributed by atoms with E-state index in [2.05, 4.69) is 5.32 Å². The molecule has 1 rings (SSSR count). The SMILES string of the molecule is CC(C)NC(=O)CN(C)C(c1ccccc1Cl)C(C)N. The third-order valence-corrected chi connectivity index (χ3v) is 3.38. The third kappa shape index (κ3) is 4.78. The number of halogens is 1. The first-order chi connectivity index (χ1) is 9.32. The Morgan fingerprint density at radius 3 is 2.45 bits per heavy atom. The van der Waals surface area contributed by atoms with Crippen LogP contribution in [-0.4, -0.2) is 36.5 Å². The highest BCUT2D eigenvalue weighted by molar-refractivity contribution is 6.31. The van der Waals surface area contributed by atoms with Crippen molar-refractivity contribution < 1.29 is 4.79 Å². The predicted octanol–water partition coefficient (Wildman–Crippen LogP) is 2.18. The number of likely N-dealkylation sites (N-methyl/N-ethyl adjacent to an activating group) is 1. The van der Waals surface area contributed by atoms with Gasteiger partial charge in [0, 0.05) is 17.1 Å². The second-order valence-corrected chi connectivity index (χ2v) is 5.87. The third-order valence-electron chi connectivity index (χ3n) is 3.04. The second kappa shape index (κ2) is 7.62. The Labute approximate surface area is 126 Å². The minimum absolute atomic E-state index is 0.0137. The van der Waals surface area contributed by atoms with Crippen molar-refractivity contribution in [2.24, 2.45) is 5.73 Å². The summed E-state index contributed by atoms with van der Waals surface area (Å²) in [4.78, 5) is 13.8. The summed E-state index contributed by atoms with van der Waals surface area (Å²) in [7, 11) is 1.89. The summed E-state index contributed by atoms with van der Waals surface area (Å²) < 4.78 is 0. The van der Waals surface area contributed by atoms with E-state index in [1.54, 1.807) is 0 Å². The number of carbonyl (C=O) groups excluding carboxylic acids is 1. The van der Waals surface area contributed by atoms with Crippen LogP contribution in [0.1, 0.15) is 32.4 Å². The Hall–Kier alpha value is -1.10. The number of nitrogens with one attached hydrogen (secondary N) is 1. The van der Waals surface area contributed by atoms with Crippen LogP contribution in [0.25, 0.3) is 0 Å². The first-order valence-electron chi connectivity index (χ1n) is 6.82. The Balaban J connectivity index is 2.87. The molecule has 5 heteroatoms. The lowest BCUT2D eigenvalue weighted by Gasteiger charge is -2.31. The van der Waals surface area contributed by atoms with Crippen molar-refractivity contribution in [2.45, 2.75) is 38.9 Å². The molecule has 1 amide bonds. The summed E-state index contributed by atoms with van der Waals surface area (Å²) in [5.41, 5.74) is 7.03. The number of nitrogens with zero attached hydrogens (tertiary/aromatic N) is 1. The molecule has 0 saturated heterocycles. The van der Waals surface area contributed by atoms with Gasteiger partial charge in [-0.05, 0) is 39.4 Å². The lowest BCUT2D eigenvalue weighted by atomic mass is 9.99. The summed E-state index contributed by atoms with van der Waals surface area (Å²) in [5.74, 6) is -0.0137. The van der Waals surface area contributed by atoms with Crippen LogP contribution in [0, 0.1) is 0 Å². The molecule has 0 bridgehead atoms. The summed E-state index contributed by atoms with van der Waals surface area (Å²) in [6.45, 7) is 6.09. The first kappa shape index (κ1) is 17.0. The zero-order valence-electron chi connectivity index (χ0n) is 12.6. The molecule has 0 fully saturated rings. The van der Waals surface area contributed by atoms with Crippen LogP contribution in [0.15, 0.2) is 24.3 Å². The highest BCUT2D eigenvalue weighted by atomic mass is 35.5. The van der Waals surface area contributed by atoms with Crippen LogP contribution in [-0.2, 0) is 4.79 Å². The Morgan fingerprint density at radius 2 is 1.95 bits per heavy atom. The van der Waals surface area contributed by atoms with Gasteiger partial charge >= 0.3 is 0 Å². The molecule has 0 aliphatic rings. The maximum atomic E-state index is 11.9. The van der Waals surface area contributed by atoms with Gasteiger partial charge in [-0.1, -0.05) is 29.8 Å². The first-order valence-corrected chi connectivity index (χ1v) is 7.20. The zero-order chi connectivity index (χ0) is 15.3. The Kier molecular flexibility index (Phi) is 6.46. The van der Waals surface area contributed by atoms with E-state index in [1.165, 1.54) is 0 Å². The molecular formula is C15H24ClN3O. The molecule has 3 N–H and O–H groups in total. The number of carbonyl (C=O) groups is 1. The maximum absolute atomic E-state index is 11.9. The van der Waals surface area contributed by atoms with Gasteiger partial charge in [-0.2, -0.15) is 0 Å². The van der Waals surface area contributed by atoms with Crippen molar-refractivity contribution in [2.75, 3.05) is 13.6 Å². The highest BCUT2D eigenvalue weighted by Gasteiger charge is 2.24. The smallest absolute Gasteiger partial charge is 0.234 e. The molecule has 0 radical (unpaired) electrons. The van der Waals surface area contributed by atoms with Gasteiger partial charge in [-0.15, -0.1) is 0 Å². The van der Waals surface area contributed by atoms with E-state index in [0.29, 0.717) is 5.02 Å². The maximum Gasteiger partial charge on any atom is 0.234 e. The number of nitrogens with two attached hydrogens (primary N) is 1. The van der Waals surface area contributed by atoms with E-state index >= 15 is 0 Å². The summed E-state index contributed by atoms with van der Waals surface area (Å²) >= 11 is 6.25. The number of hydrogen-bond acceptors (Lipinski definition) is 3. The molecule has 1 aromatic carbocycles. The van der Waals surface area contributed by atoms with Gasteiger partial charge in [0.25, 0.3) is 0 Å². The molecule has 0 aliphatic carbocycles.